The molecule has 0 bridgehead atoms. The second-order valence-corrected chi connectivity index (χ2v) is 6.70. The number of aromatic nitrogens is 2. The van der Waals surface area contributed by atoms with Gasteiger partial charge in [0.05, 0.1) is 22.0 Å². The Kier molecular flexibility index (Phi) is 6.71. The van der Waals surface area contributed by atoms with Crippen LogP contribution in [0.1, 0.15) is 50.9 Å². The van der Waals surface area contributed by atoms with Gasteiger partial charge in [0.2, 0.25) is 0 Å². The van der Waals surface area contributed by atoms with Crippen LogP contribution in [0.25, 0.3) is 0 Å². The summed E-state index contributed by atoms with van der Waals surface area (Å²) in [5.41, 5.74) is 2.44. The van der Waals surface area contributed by atoms with E-state index in [0.29, 0.717) is 12.1 Å². The first-order valence-corrected chi connectivity index (χ1v) is 9.00. The third kappa shape index (κ3) is 4.54. The summed E-state index contributed by atoms with van der Waals surface area (Å²) >= 11 is 3.73. The lowest BCUT2D eigenvalue weighted by molar-refractivity contribution is 0.0943. The van der Waals surface area contributed by atoms with Crippen LogP contribution in [-0.2, 0) is 24.6 Å². The lowest BCUT2D eigenvalue weighted by Crippen LogP contribution is -2.35. The highest BCUT2D eigenvalue weighted by atomic mass is 79.9. The van der Waals surface area contributed by atoms with E-state index < -0.39 is 0 Å². The average molecular weight is 358 g/mol. The van der Waals surface area contributed by atoms with E-state index in [2.05, 4.69) is 40.2 Å². The molecule has 1 fully saturated rings. The summed E-state index contributed by atoms with van der Waals surface area (Å²) in [5.74, 6) is 0. The maximum atomic E-state index is 5.81. The first kappa shape index (κ1) is 17.0. The van der Waals surface area contributed by atoms with E-state index in [1.54, 1.807) is 0 Å². The van der Waals surface area contributed by atoms with Crippen LogP contribution in [-0.4, -0.2) is 35.1 Å². The summed E-state index contributed by atoms with van der Waals surface area (Å²) in [4.78, 5) is 0. The zero-order valence-corrected chi connectivity index (χ0v) is 15.1. The zero-order valence-electron chi connectivity index (χ0n) is 13.5. The molecule has 2 rings (SSSR count). The molecule has 0 aromatic carbocycles. The highest BCUT2D eigenvalue weighted by Crippen LogP contribution is 2.25. The SMILES string of the molecule is CCCNC(Cc1c(Br)c(CC)nn1C)CC1CCCO1. The maximum absolute atomic E-state index is 5.81. The molecule has 2 atom stereocenters. The maximum Gasteiger partial charge on any atom is 0.0766 e. The normalized spacial score (nSPS) is 20.1. The molecule has 0 aliphatic carbocycles. The first-order valence-electron chi connectivity index (χ1n) is 8.20. The van der Waals surface area contributed by atoms with Gasteiger partial charge in [-0.3, -0.25) is 4.68 Å². The van der Waals surface area contributed by atoms with E-state index in [1.807, 2.05) is 11.7 Å². The van der Waals surface area contributed by atoms with Crippen LogP contribution in [0.5, 0.6) is 0 Å². The van der Waals surface area contributed by atoms with Crippen LogP contribution in [0, 0.1) is 0 Å². The van der Waals surface area contributed by atoms with Gasteiger partial charge < -0.3 is 10.1 Å². The monoisotopic (exact) mass is 357 g/mol. The second-order valence-electron chi connectivity index (χ2n) is 5.91. The number of nitrogens with zero attached hydrogens (tertiary/aromatic N) is 2. The molecule has 5 heteroatoms. The predicted octanol–water partition coefficient (Wildman–Crippen LogP) is 3.22. The fourth-order valence-electron chi connectivity index (χ4n) is 3.01. The summed E-state index contributed by atoms with van der Waals surface area (Å²) in [6, 6.07) is 0.462. The lowest BCUT2D eigenvalue weighted by Gasteiger charge is -2.22. The summed E-state index contributed by atoms with van der Waals surface area (Å²) < 4.78 is 9.02. The van der Waals surface area contributed by atoms with Gasteiger partial charge in [0.1, 0.15) is 0 Å². The number of hydrogen-bond donors (Lipinski definition) is 1. The Bertz CT molecular complexity index is 441. The van der Waals surface area contributed by atoms with Gasteiger partial charge in [-0.25, -0.2) is 0 Å². The molecule has 1 aliphatic rings. The molecule has 0 saturated carbocycles. The molecule has 2 unspecified atom stereocenters. The largest absolute Gasteiger partial charge is 0.378 e. The van der Waals surface area contributed by atoms with Gasteiger partial charge in [0.25, 0.3) is 0 Å². The molecule has 0 radical (unpaired) electrons. The van der Waals surface area contributed by atoms with Crippen molar-refractivity contribution < 1.29 is 4.74 Å². The van der Waals surface area contributed by atoms with Crippen molar-refractivity contribution in [2.24, 2.45) is 7.05 Å². The Morgan fingerprint density at radius 3 is 2.86 bits per heavy atom. The van der Waals surface area contributed by atoms with Gasteiger partial charge in [-0.1, -0.05) is 13.8 Å². The van der Waals surface area contributed by atoms with Crippen molar-refractivity contribution in [3.63, 3.8) is 0 Å². The van der Waals surface area contributed by atoms with Crippen molar-refractivity contribution in [2.45, 2.75) is 64.5 Å². The molecular weight excluding hydrogens is 330 g/mol. The predicted molar refractivity (Wildman–Crippen MR) is 89.7 cm³/mol. The van der Waals surface area contributed by atoms with Crippen molar-refractivity contribution in [2.75, 3.05) is 13.2 Å². The highest BCUT2D eigenvalue weighted by Gasteiger charge is 2.23. The Balaban J connectivity index is 2.04. The molecule has 1 saturated heterocycles. The number of rotatable bonds is 8. The molecule has 2 heterocycles. The van der Waals surface area contributed by atoms with E-state index in [4.69, 9.17) is 4.74 Å². The second kappa shape index (κ2) is 8.30. The van der Waals surface area contributed by atoms with Gasteiger partial charge in [-0.15, -0.1) is 0 Å². The minimum Gasteiger partial charge on any atom is -0.378 e. The number of halogens is 1. The van der Waals surface area contributed by atoms with Crippen molar-refractivity contribution in [3.8, 4) is 0 Å². The number of aryl methyl sites for hydroxylation is 2. The van der Waals surface area contributed by atoms with Crippen LogP contribution in [0.4, 0.5) is 0 Å². The molecular formula is C16H28BrN3O. The summed E-state index contributed by atoms with van der Waals surface area (Å²) in [7, 11) is 2.04. The van der Waals surface area contributed by atoms with E-state index in [-0.39, 0.29) is 0 Å². The average Bonchev–Trinajstić information content (AvgIpc) is 3.07. The Hall–Kier alpha value is -0.390. The Morgan fingerprint density at radius 1 is 1.48 bits per heavy atom. The van der Waals surface area contributed by atoms with E-state index in [0.717, 1.165) is 44.5 Å². The highest BCUT2D eigenvalue weighted by molar-refractivity contribution is 9.10. The topological polar surface area (TPSA) is 39.1 Å². The summed E-state index contributed by atoms with van der Waals surface area (Å²) in [6.45, 7) is 6.36. The van der Waals surface area contributed by atoms with Gasteiger partial charge >= 0.3 is 0 Å². The summed E-state index contributed by atoms with van der Waals surface area (Å²) in [5, 5.41) is 8.29. The Labute approximate surface area is 136 Å². The van der Waals surface area contributed by atoms with Crippen LogP contribution < -0.4 is 5.32 Å². The molecule has 21 heavy (non-hydrogen) atoms. The zero-order chi connectivity index (χ0) is 15.2. The van der Waals surface area contributed by atoms with E-state index in [1.165, 1.54) is 23.0 Å². The van der Waals surface area contributed by atoms with E-state index >= 15 is 0 Å². The number of hydrogen-bond acceptors (Lipinski definition) is 3. The van der Waals surface area contributed by atoms with Gasteiger partial charge in [-0.05, 0) is 54.6 Å². The quantitative estimate of drug-likeness (QED) is 0.776. The lowest BCUT2D eigenvalue weighted by atomic mass is 10.0. The van der Waals surface area contributed by atoms with Crippen LogP contribution >= 0.6 is 15.9 Å². The standard InChI is InChI=1S/C16H28BrN3O/c1-4-8-18-12(10-13-7-6-9-21-13)11-15-16(17)14(5-2)19-20(15)3/h12-13,18H,4-11H2,1-3H3. The fourth-order valence-corrected chi connectivity index (χ4v) is 3.79. The van der Waals surface area contributed by atoms with Gasteiger partial charge in [0.15, 0.2) is 0 Å². The molecule has 0 spiro atoms. The van der Waals surface area contributed by atoms with Gasteiger partial charge in [-0.2, -0.15) is 5.10 Å². The molecule has 4 nitrogen and oxygen atoms in total. The minimum absolute atomic E-state index is 0.428. The smallest absolute Gasteiger partial charge is 0.0766 e. The Morgan fingerprint density at radius 2 is 2.29 bits per heavy atom. The van der Waals surface area contributed by atoms with E-state index in [9.17, 15) is 0 Å². The molecule has 120 valence electrons. The van der Waals surface area contributed by atoms with Crippen LogP contribution in [0.2, 0.25) is 0 Å². The summed E-state index contributed by atoms with van der Waals surface area (Å²) in [6.07, 6.45) is 7.07. The van der Waals surface area contributed by atoms with Crippen molar-refractivity contribution in [1.29, 1.82) is 0 Å². The van der Waals surface area contributed by atoms with Crippen molar-refractivity contribution in [3.05, 3.63) is 15.9 Å². The van der Waals surface area contributed by atoms with Crippen LogP contribution in [0.3, 0.4) is 0 Å². The molecule has 1 N–H and O–H groups in total. The van der Waals surface area contributed by atoms with Gasteiger partial charge in [0, 0.05) is 26.1 Å². The van der Waals surface area contributed by atoms with Crippen LogP contribution in [0.15, 0.2) is 4.47 Å². The number of ether oxygens (including phenoxy) is 1. The number of nitrogens with one attached hydrogen (secondary N) is 1. The first-order chi connectivity index (χ1) is 10.2. The third-order valence-corrected chi connectivity index (χ3v) is 5.11. The van der Waals surface area contributed by atoms with Crippen molar-refractivity contribution >= 4 is 15.9 Å². The molecule has 0 amide bonds. The molecule has 1 aliphatic heterocycles. The molecule has 1 aromatic rings. The third-order valence-electron chi connectivity index (χ3n) is 4.20. The molecule has 1 aromatic heterocycles. The minimum atomic E-state index is 0.428. The van der Waals surface area contributed by atoms with Crippen molar-refractivity contribution in [1.82, 2.24) is 15.1 Å². The fraction of sp³-hybridized carbons (Fsp3) is 0.812.